The van der Waals surface area contributed by atoms with E-state index in [2.05, 4.69) is 41.9 Å². The highest BCUT2D eigenvalue weighted by Crippen LogP contribution is 2.35. The molecule has 9 nitrogen and oxygen atoms in total. The topological polar surface area (TPSA) is 86.7 Å². The number of carbonyl (C=O) groups is 1. The molecule has 2 N–H and O–H groups in total. The number of hydrogen-bond acceptors (Lipinski definition) is 4. The lowest BCUT2D eigenvalue weighted by Gasteiger charge is -2.15. The van der Waals surface area contributed by atoms with Gasteiger partial charge >= 0.3 is 6.03 Å². The third-order valence-corrected chi connectivity index (χ3v) is 5.99. The smallest absolute Gasteiger partial charge is 0.319 e. The molecule has 9 heteroatoms. The maximum atomic E-state index is 12.4. The summed E-state index contributed by atoms with van der Waals surface area (Å²) in [5.41, 5.74) is 6.42. The Morgan fingerprint density at radius 3 is 2.69 bits per heavy atom. The van der Waals surface area contributed by atoms with Crippen LogP contribution in [-0.4, -0.2) is 47.2 Å². The molecule has 0 spiro atoms. The van der Waals surface area contributed by atoms with E-state index < -0.39 is 6.29 Å². The van der Waals surface area contributed by atoms with Crippen molar-refractivity contribution in [1.82, 2.24) is 19.4 Å². The van der Waals surface area contributed by atoms with Gasteiger partial charge in [-0.2, -0.15) is 0 Å². The zero-order chi connectivity index (χ0) is 24.4. The number of imidazole rings is 1. The van der Waals surface area contributed by atoms with E-state index in [1.807, 2.05) is 48.7 Å². The summed E-state index contributed by atoms with van der Waals surface area (Å²) >= 11 is 0. The summed E-state index contributed by atoms with van der Waals surface area (Å²) in [6.45, 7) is 8.01. The Morgan fingerprint density at radius 2 is 1.94 bits per heavy atom. The summed E-state index contributed by atoms with van der Waals surface area (Å²) in [4.78, 5) is 20.5. The Morgan fingerprint density at radius 1 is 1.14 bits per heavy atom. The number of amides is 2. The van der Waals surface area contributed by atoms with Crippen molar-refractivity contribution in [3.05, 3.63) is 84.1 Å². The number of fused-ring (bicyclic) bond motifs is 5. The molecule has 1 aliphatic rings. The molecule has 35 heavy (non-hydrogen) atoms. The summed E-state index contributed by atoms with van der Waals surface area (Å²) in [5, 5.41) is 5.62. The van der Waals surface area contributed by atoms with Crippen LogP contribution in [0.25, 0.3) is 33.2 Å². The van der Waals surface area contributed by atoms with E-state index in [4.69, 9.17) is 16.0 Å². The summed E-state index contributed by atoms with van der Waals surface area (Å²) in [7, 11) is 3.04. The second kappa shape index (κ2) is 9.46. The van der Waals surface area contributed by atoms with Crippen LogP contribution in [0, 0.1) is 6.57 Å². The number of anilines is 1. The molecule has 2 aromatic heterocycles. The third kappa shape index (κ3) is 4.40. The number of ether oxygens (including phenoxy) is 2. The van der Waals surface area contributed by atoms with Gasteiger partial charge in [0.15, 0.2) is 17.8 Å². The fourth-order valence-corrected chi connectivity index (χ4v) is 4.22. The van der Waals surface area contributed by atoms with Crippen molar-refractivity contribution in [3.63, 3.8) is 0 Å². The lowest BCUT2D eigenvalue weighted by molar-refractivity contribution is -0.0970. The maximum absolute atomic E-state index is 12.4. The lowest BCUT2D eigenvalue weighted by atomic mass is 10.1. The summed E-state index contributed by atoms with van der Waals surface area (Å²) < 4.78 is 14.4. The van der Waals surface area contributed by atoms with Crippen LogP contribution in [0.15, 0.2) is 67.1 Å². The van der Waals surface area contributed by atoms with Crippen LogP contribution in [0.1, 0.15) is 5.56 Å². The van der Waals surface area contributed by atoms with Crippen LogP contribution >= 0.6 is 0 Å². The van der Waals surface area contributed by atoms with Crippen LogP contribution in [0.3, 0.4) is 0 Å². The first-order valence-corrected chi connectivity index (χ1v) is 11.0. The number of nitrogens with zero attached hydrogens (tertiary/aromatic N) is 4. The summed E-state index contributed by atoms with van der Waals surface area (Å²) in [5.74, 6) is 0.844. The van der Waals surface area contributed by atoms with Crippen LogP contribution in [0.4, 0.5) is 16.2 Å². The molecule has 0 bridgehead atoms. The minimum Gasteiger partial charge on any atom is -0.354 e. The first kappa shape index (κ1) is 22.4. The van der Waals surface area contributed by atoms with Crippen LogP contribution in [-0.2, 0) is 16.0 Å². The molecule has 0 radical (unpaired) electrons. The number of rotatable bonds is 6. The maximum Gasteiger partial charge on any atom is 0.319 e. The van der Waals surface area contributed by atoms with Gasteiger partial charge in [0.2, 0.25) is 0 Å². The molecule has 0 aliphatic carbocycles. The van der Waals surface area contributed by atoms with Gasteiger partial charge in [-0.15, -0.1) is 0 Å². The standard InChI is InChI=1S/C26H24N6O3/c1-27-20-6-4-17(5-7-20)18-13-23-25-28-10-11-32(25)22-9-8-21(12-19(22)16-31(23)15-18)30-26(33)29-14-24(34-2)35-3/h4-13,15,24H,14,16H2,2-3H3,(H2,29,30,33). The van der Waals surface area contributed by atoms with Crippen molar-refractivity contribution in [2.45, 2.75) is 12.8 Å². The second-order valence-corrected chi connectivity index (χ2v) is 8.10. The van der Waals surface area contributed by atoms with Gasteiger partial charge in [-0.1, -0.05) is 24.3 Å². The van der Waals surface area contributed by atoms with Gasteiger partial charge in [0.05, 0.1) is 24.5 Å². The van der Waals surface area contributed by atoms with E-state index >= 15 is 0 Å². The van der Waals surface area contributed by atoms with Gasteiger partial charge in [-0.3, -0.25) is 4.57 Å². The SMILES string of the molecule is [C-]#[N+]c1ccc(-c2cc3n(c2)Cc2cc(NC(=O)NCC(OC)OC)ccc2-n2ccnc2-3)cc1. The van der Waals surface area contributed by atoms with Crippen molar-refractivity contribution in [1.29, 1.82) is 0 Å². The number of methoxy groups -OCH3 is 2. The first-order valence-electron chi connectivity index (χ1n) is 11.0. The second-order valence-electron chi connectivity index (χ2n) is 8.10. The first-order chi connectivity index (χ1) is 17.1. The van der Waals surface area contributed by atoms with Gasteiger partial charge in [0.25, 0.3) is 0 Å². The normalized spacial score (nSPS) is 11.7. The number of hydrogen-bond donors (Lipinski definition) is 2. The fraction of sp³-hybridized carbons (Fsp3) is 0.192. The zero-order valence-corrected chi connectivity index (χ0v) is 19.4. The van der Waals surface area contributed by atoms with Crippen molar-refractivity contribution in [2.24, 2.45) is 0 Å². The number of aromatic nitrogens is 3. The van der Waals surface area contributed by atoms with Gasteiger partial charge in [0.1, 0.15) is 0 Å². The van der Waals surface area contributed by atoms with Gasteiger partial charge < -0.3 is 24.7 Å². The van der Waals surface area contributed by atoms with Gasteiger partial charge in [-0.25, -0.2) is 14.6 Å². The highest BCUT2D eigenvalue weighted by molar-refractivity contribution is 5.89. The summed E-state index contributed by atoms with van der Waals surface area (Å²) in [6.07, 6.45) is 5.31. The minimum absolute atomic E-state index is 0.231. The molecule has 0 saturated carbocycles. The number of carbonyl (C=O) groups excluding carboxylic acids is 1. The van der Waals surface area contributed by atoms with E-state index in [0.717, 1.165) is 33.9 Å². The van der Waals surface area contributed by atoms with Crippen LogP contribution in [0.5, 0.6) is 0 Å². The van der Waals surface area contributed by atoms with Gasteiger partial charge in [0, 0.05) is 50.6 Å². The molecule has 0 atom stereocenters. The quantitative estimate of drug-likeness (QED) is 0.280. The Balaban J connectivity index is 1.44. The third-order valence-electron chi connectivity index (χ3n) is 5.99. The number of urea groups is 1. The Bertz CT molecular complexity index is 1410. The highest BCUT2D eigenvalue weighted by atomic mass is 16.7. The molecule has 0 unspecified atom stereocenters. The van der Waals surface area contributed by atoms with E-state index in [9.17, 15) is 4.79 Å². The number of benzene rings is 2. The molecule has 0 fully saturated rings. The van der Waals surface area contributed by atoms with E-state index in [-0.39, 0.29) is 12.6 Å². The predicted molar refractivity (Wildman–Crippen MR) is 133 cm³/mol. The van der Waals surface area contributed by atoms with E-state index in [1.54, 1.807) is 6.20 Å². The van der Waals surface area contributed by atoms with E-state index in [0.29, 0.717) is 17.9 Å². The van der Waals surface area contributed by atoms with Crippen molar-refractivity contribution < 1.29 is 14.3 Å². The van der Waals surface area contributed by atoms with Crippen molar-refractivity contribution in [2.75, 3.05) is 26.1 Å². The Hall–Kier alpha value is -4.39. The molecule has 4 aromatic rings. The predicted octanol–water partition coefficient (Wildman–Crippen LogP) is 4.66. The molecule has 1 aliphatic heterocycles. The van der Waals surface area contributed by atoms with E-state index in [1.165, 1.54) is 14.2 Å². The number of nitrogens with one attached hydrogen (secondary N) is 2. The molecular weight excluding hydrogens is 444 g/mol. The fourth-order valence-electron chi connectivity index (χ4n) is 4.22. The average molecular weight is 469 g/mol. The zero-order valence-electron chi connectivity index (χ0n) is 19.4. The molecule has 2 aromatic carbocycles. The average Bonchev–Trinajstić information content (AvgIpc) is 3.50. The molecule has 3 heterocycles. The molecule has 0 saturated heterocycles. The lowest BCUT2D eigenvalue weighted by Crippen LogP contribution is -2.36. The monoisotopic (exact) mass is 468 g/mol. The molecule has 5 rings (SSSR count). The minimum atomic E-state index is -0.508. The Labute approximate surface area is 202 Å². The van der Waals surface area contributed by atoms with Crippen LogP contribution in [0.2, 0.25) is 0 Å². The Kier molecular flexibility index (Phi) is 6.06. The summed E-state index contributed by atoms with van der Waals surface area (Å²) in [6, 6.07) is 15.2. The van der Waals surface area contributed by atoms with Crippen molar-refractivity contribution in [3.8, 4) is 28.3 Å². The van der Waals surface area contributed by atoms with Crippen molar-refractivity contribution >= 4 is 17.4 Å². The van der Waals surface area contributed by atoms with Crippen LogP contribution < -0.4 is 10.6 Å². The largest absolute Gasteiger partial charge is 0.354 e. The van der Waals surface area contributed by atoms with Gasteiger partial charge in [-0.05, 0) is 35.4 Å². The molecular formula is C26H24N6O3. The molecule has 176 valence electrons. The highest BCUT2D eigenvalue weighted by Gasteiger charge is 2.21. The molecule has 2 amide bonds.